The summed E-state index contributed by atoms with van der Waals surface area (Å²) in [5.74, 6) is -1.98. The van der Waals surface area contributed by atoms with Gasteiger partial charge in [-0.1, -0.05) is 13.8 Å². The Labute approximate surface area is 241 Å². The highest BCUT2D eigenvalue weighted by molar-refractivity contribution is 6.05. The second kappa shape index (κ2) is 10.6. The number of carbonyl (C=O) groups is 4. The van der Waals surface area contributed by atoms with Crippen molar-refractivity contribution in [2.75, 3.05) is 32.1 Å². The molecule has 2 aromatic carbocycles. The van der Waals surface area contributed by atoms with E-state index in [1.54, 1.807) is 12.1 Å². The van der Waals surface area contributed by atoms with E-state index in [2.05, 4.69) is 10.1 Å². The van der Waals surface area contributed by atoms with Crippen LogP contribution in [0.3, 0.4) is 0 Å². The lowest BCUT2D eigenvalue weighted by atomic mass is 10.0. The smallest absolute Gasteiger partial charge is 0.406 e. The number of carbonyl (C=O) groups excluding carboxylic acids is 4. The van der Waals surface area contributed by atoms with E-state index in [-0.39, 0.29) is 48.1 Å². The van der Waals surface area contributed by atoms with Gasteiger partial charge in [-0.2, -0.15) is 0 Å². The molecule has 5 rings (SSSR count). The van der Waals surface area contributed by atoms with Crippen LogP contribution in [0, 0.1) is 11.8 Å². The minimum atomic E-state index is -4.86. The molecular weight excluding hydrogens is 553 g/mol. The molecule has 0 aromatic heterocycles. The van der Waals surface area contributed by atoms with Crippen molar-refractivity contribution < 1.29 is 37.1 Å². The number of fused-ring (bicyclic) bond motifs is 1. The van der Waals surface area contributed by atoms with Crippen LogP contribution in [0.2, 0.25) is 0 Å². The number of ketones is 1. The molecule has 2 aliphatic heterocycles. The van der Waals surface area contributed by atoms with E-state index in [1.165, 1.54) is 21.9 Å². The van der Waals surface area contributed by atoms with Crippen LogP contribution in [0.4, 0.5) is 18.9 Å². The van der Waals surface area contributed by atoms with Gasteiger partial charge in [-0.05, 0) is 73.2 Å². The number of hydrogen-bond donors (Lipinski definition) is 1. The van der Waals surface area contributed by atoms with Crippen LogP contribution in [0.15, 0.2) is 48.5 Å². The van der Waals surface area contributed by atoms with Crippen molar-refractivity contribution in [1.29, 1.82) is 0 Å². The van der Waals surface area contributed by atoms with Crippen molar-refractivity contribution in [2.45, 2.75) is 50.7 Å². The molecule has 0 spiro atoms. The summed E-state index contributed by atoms with van der Waals surface area (Å²) in [6.45, 7) is 3.99. The molecule has 0 radical (unpaired) electrons. The fourth-order valence-electron chi connectivity index (χ4n) is 6.26. The number of Topliss-reactive ketones (excluding diaryl/α,β-unsaturated/α-hetero) is 1. The van der Waals surface area contributed by atoms with Crippen LogP contribution in [-0.2, 0) is 9.59 Å². The zero-order valence-corrected chi connectivity index (χ0v) is 23.8. The standard InChI is InChI=1S/C30H33F3N4O5/c1-17(2)22-15-29(22,34-26(39)18-5-9-20(10-6-18)35(3)4)28(41)36-14-13-23-25(36)24(38)16-37(23)27(40)19-7-11-21(12-8-19)42-30(31,32)33/h5-12,17,22-23,25H,13-16H2,1-4H3,(H,34,39)/t22-,23-,25+,29?/m1/s1. The Morgan fingerprint density at radius 2 is 1.62 bits per heavy atom. The molecule has 1 N–H and O–H groups in total. The normalized spacial score (nSPS) is 25.0. The summed E-state index contributed by atoms with van der Waals surface area (Å²) in [5, 5.41) is 2.99. The van der Waals surface area contributed by atoms with Crippen LogP contribution in [0.5, 0.6) is 5.75 Å². The lowest BCUT2D eigenvalue weighted by molar-refractivity contribution is -0.274. The number of anilines is 1. The van der Waals surface area contributed by atoms with Crippen molar-refractivity contribution in [3.63, 3.8) is 0 Å². The molecule has 224 valence electrons. The fraction of sp³-hybridized carbons (Fsp3) is 0.467. The Bertz CT molecular complexity index is 1390. The zero-order chi connectivity index (χ0) is 30.6. The number of ether oxygens (including phenoxy) is 1. The van der Waals surface area contributed by atoms with E-state index in [0.717, 1.165) is 17.8 Å². The molecule has 1 saturated carbocycles. The molecule has 2 aromatic rings. The van der Waals surface area contributed by atoms with Gasteiger partial charge >= 0.3 is 6.36 Å². The van der Waals surface area contributed by atoms with E-state index in [4.69, 9.17) is 0 Å². The van der Waals surface area contributed by atoms with Crippen LogP contribution < -0.4 is 15.0 Å². The Hall–Kier alpha value is -4.09. The highest BCUT2D eigenvalue weighted by atomic mass is 19.4. The Kier molecular flexibility index (Phi) is 7.44. The molecule has 1 aliphatic carbocycles. The van der Waals surface area contributed by atoms with Gasteiger partial charge in [-0.15, -0.1) is 13.2 Å². The Morgan fingerprint density at radius 1 is 1.00 bits per heavy atom. The van der Waals surface area contributed by atoms with Gasteiger partial charge < -0.3 is 24.8 Å². The number of halogens is 3. The second-order valence-corrected chi connectivity index (χ2v) is 11.7. The molecular formula is C30H33F3N4O5. The Balaban J connectivity index is 1.32. The van der Waals surface area contributed by atoms with Crippen molar-refractivity contribution in [3.05, 3.63) is 59.7 Å². The first-order valence-electron chi connectivity index (χ1n) is 13.8. The lowest BCUT2D eigenvalue weighted by Gasteiger charge is -2.30. The Morgan fingerprint density at radius 3 is 2.17 bits per heavy atom. The first-order chi connectivity index (χ1) is 19.7. The summed E-state index contributed by atoms with van der Waals surface area (Å²) in [6.07, 6.45) is -4.04. The van der Waals surface area contributed by atoms with Crippen molar-refractivity contribution in [1.82, 2.24) is 15.1 Å². The van der Waals surface area contributed by atoms with Gasteiger partial charge in [-0.3, -0.25) is 19.2 Å². The van der Waals surface area contributed by atoms with E-state index >= 15 is 0 Å². The molecule has 3 aliphatic rings. The minimum Gasteiger partial charge on any atom is -0.406 e. The maximum Gasteiger partial charge on any atom is 0.573 e. The predicted molar refractivity (Wildman–Crippen MR) is 147 cm³/mol. The summed E-state index contributed by atoms with van der Waals surface area (Å²) in [4.78, 5) is 58.6. The average Bonchev–Trinajstić information content (AvgIpc) is 3.34. The number of rotatable bonds is 7. The molecule has 42 heavy (non-hydrogen) atoms. The SMILES string of the molecule is CC(C)[C@H]1CC1(NC(=O)c1ccc(N(C)C)cc1)C(=O)N1CC[C@@H]2[C@H]1C(=O)CN2C(=O)c1ccc(OC(F)(F)F)cc1. The summed E-state index contributed by atoms with van der Waals surface area (Å²) >= 11 is 0. The largest absolute Gasteiger partial charge is 0.573 e. The van der Waals surface area contributed by atoms with Gasteiger partial charge in [0.1, 0.15) is 17.3 Å². The van der Waals surface area contributed by atoms with Gasteiger partial charge in [0.2, 0.25) is 5.91 Å². The van der Waals surface area contributed by atoms with Crippen LogP contribution in [0.1, 0.15) is 47.4 Å². The molecule has 3 amide bonds. The summed E-state index contributed by atoms with van der Waals surface area (Å²) in [6, 6.07) is 10.1. The molecule has 3 fully saturated rings. The fourth-order valence-corrected chi connectivity index (χ4v) is 6.26. The molecule has 12 heteroatoms. The number of amides is 3. The molecule has 4 atom stereocenters. The lowest BCUT2D eigenvalue weighted by Crippen LogP contribution is -2.55. The highest BCUT2D eigenvalue weighted by Crippen LogP contribution is 2.51. The number of likely N-dealkylation sites (tertiary alicyclic amines) is 2. The molecule has 2 saturated heterocycles. The maximum atomic E-state index is 14.1. The van der Waals surface area contributed by atoms with Crippen LogP contribution in [0.25, 0.3) is 0 Å². The minimum absolute atomic E-state index is 0.102. The summed E-state index contributed by atoms with van der Waals surface area (Å²) < 4.78 is 41.4. The number of nitrogens with zero attached hydrogens (tertiary/aromatic N) is 3. The third-order valence-electron chi connectivity index (χ3n) is 8.46. The first-order valence-corrected chi connectivity index (χ1v) is 13.8. The topological polar surface area (TPSA) is 99.3 Å². The molecule has 0 bridgehead atoms. The zero-order valence-electron chi connectivity index (χ0n) is 23.8. The molecule has 9 nitrogen and oxygen atoms in total. The van der Waals surface area contributed by atoms with Gasteiger partial charge in [0.05, 0.1) is 12.6 Å². The number of nitrogens with one attached hydrogen (secondary N) is 1. The van der Waals surface area contributed by atoms with Gasteiger partial charge in [-0.25, -0.2) is 0 Å². The van der Waals surface area contributed by atoms with Crippen LogP contribution in [-0.4, -0.2) is 84.5 Å². The number of benzene rings is 2. The predicted octanol–water partition coefficient (Wildman–Crippen LogP) is 3.49. The summed E-state index contributed by atoms with van der Waals surface area (Å²) in [5.41, 5.74) is 0.305. The third-order valence-corrected chi connectivity index (χ3v) is 8.46. The van der Waals surface area contributed by atoms with Crippen molar-refractivity contribution in [3.8, 4) is 5.75 Å². The molecule has 2 heterocycles. The van der Waals surface area contributed by atoms with Crippen LogP contribution >= 0.6 is 0 Å². The highest BCUT2D eigenvalue weighted by Gasteiger charge is 2.65. The van der Waals surface area contributed by atoms with Crippen molar-refractivity contribution >= 4 is 29.2 Å². The van der Waals surface area contributed by atoms with Gasteiger partial charge in [0.25, 0.3) is 11.8 Å². The first kappa shape index (κ1) is 29.4. The average molecular weight is 587 g/mol. The number of hydrogen-bond acceptors (Lipinski definition) is 6. The second-order valence-electron chi connectivity index (χ2n) is 11.7. The van der Waals surface area contributed by atoms with Gasteiger partial charge in [0, 0.05) is 37.5 Å². The van der Waals surface area contributed by atoms with E-state index in [9.17, 15) is 32.3 Å². The summed E-state index contributed by atoms with van der Waals surface area (Å²) in [7, 11) is 3.79. The van der Waals surface area contributed by atoms with E-state index < -0.39 is 35.6 Å². The quantitative estimate of drug-likeness (QED) is 0.534. The third kappa shape index (κ3) is 5.41. The van der Waals surface area contributed by atoms with Crippen molar-refractivity contribution in [2.24, 2.45) is 11.8 Å². The van der Waals surface area contributed by atoms with Gasteiger partial charge in [0.15, 0.2) is 5.78 Å². The van der Waals surface area contributed by atoms with E-state index in [0.29, 0.717) is 18.4 Å². The maximum absolute atomic E-state index is 14.1. The number of alkyl halides is 3. The monoisotopic (exact) mass is 586 g/mol. The molecule has 1 unspecified atom stereocenters. The van der Waals surface area contributed by atoms with E-state index in [1.807, 2.05) is 45.0 Å².